The number of aliphatic hydroxyl groups is 1. The van der Waals surface area contributed by atoms with Crippen molar-refractivity contribution in [2.75, 3.05) is 12.3 Å². The van der Waals surface area contributed by atoms with Crippen molar-refractivity contribution in [2.24, 2.45) is 5.92 Å². The molecule has 1 saturated carbocycles. The first-order chi connectivity index (χ1) is 9.04. The van der Waals surface area contributed by atoms with Crippen molar-refractivity contribution < 1.29 is 18.7 Å². The Kier molecular flexibility index (Phi) is 4.76. The maximum absolute atomic E-state index is 12.9. The quantitative estimate of drug-likeness (QED) is 0.814. The predicted molar refractivity (Wildman–Crippen MR) is 68.8 cm³/mol. The SMILES string of the molecule is O=C(CSc1ccc(F)c(F)c1)NCC1CC(O)C1. The van der Waals surface area contributed by atoms with E-state index in [2.05, 4.69) is 5.32 Å². The highest BCUT2D eigenvalue weighted by Gasteiger charge is 2.27. The second-order valence-electron chi connectivity index (χ2n) is 4.66. The number of hydrogen-bond acceptors (Lipinski definition) is 3. The molecular formula is C13H15F2NO2S. The van der Waals surface area contributed by atoms with E-state index in [-0.39, 0.29) is 17.8 Å². The Morgan fingerprint density at radius 2 is 2.11 bits per heavy atom. The van der Waals surface area contributed by atoms with Crippen molar-refractivity contribution >= 4 is 17.7 Å². The summed E-state index contributed by atoms with van der Waals surface area (Å²) in [4.78, 5) is 12.1. The molecule has 0 heterocycles. The Morgan fingerprint density at radius 1 is 1.37 bits per heavy atom. The number of halogens is 2. The first kappa shape index (κ1) is 14.3. The summed E-state index contributed by atoms with van der Waals surface area (Å²) in [6.07, 6.45) is 1.24. The van der Waals surface area contributed by atoms with Crippen LogP contribution < -0.4 is 5.32 Å². The average Bonchev–Trinajstić information content (AvgIpc) is 2.34. The van der Waals surface area contributed by atoms with Gasteiger partial charge >= 0.3 is 0 Å². The lowest BCUT2D eigenvalue weighted by molar-refractivity contribution is -0.119. The Labute approximate surface area is 114 Å². The molecule has 6 heteroatoms. The fourth-order valence-corrected chi connectivity index (χ4v) is 2.64. The van der Waals surface area contributed by atoms with E-state index in [0.29, 0.717) is 17.4 Å². The van der Waals surface area contributed by atoms with Gasteiger partial charge in [0, 0.05) is 11.4 Å². The third-order valence-corrected chi connectivity index (χ3v) is 4.05. The lowest BCUT2D eigenvalue weighted by Crippen LogP contribution is -2.38. The molecule has 0 atom stereocenters. The summed E-state index contributed by atoms with van der Waals surface area (Å²) in [7, 11) is 0. The number of amides is 1. The molecule has 1 amide bonds. The Bertz CT molecular complexity index is 464. The zero-order valence-electron chi connectivity index (χ0n) is 10.2. The highest BCUT2D eigenvalue weighted by atomic mass is 32.2. The summed E-state index contributed by atoms with van der Waals surface area (Å²) in [6.45, 7) is 0.564. The minimum absolute atomic E-state index is 0.142. The van der Waals surface area contributed by atoms with Gasteiger partial charge in [0.2, 0.25) is 5.91 Å². The van der Waals surface area contributed by atoms with Crippen LogP contribution in [-0.2, 0) is 4.79 Å². The van der Waals surface area contributed by atoms with Gasteiger partial charge in [0.25, 0.3) is 0 Å². The second kappa shape index (κ2) is 6.34. The van der Waals surface area contributed by atoms with Gasteiger partial charge in [0.05, 0.1) is 11.9 Å². The van der Waals surface area contributed by atoms with Gasteiger partial charge in [0.15, 0.2) is 11.6 Å². The number of nitrogens with one attached hydrogen (secondary N) is 1. The second-order valence-corrected chi connectivity index (χ2v) is 5.71. The van der Waals surface area contributed by atoms with E-state index in [4.69, 9.17) is 5.11 Å². The smallest absolute Gasteiger partial charge is 0.230 e. The lowest BCUT2D eigenvalue weighted by atomic mass is 9.82. The molecule has 1 aliphatic carbocycles. The lowest BCUT2D eigenvalue weighted by Gasteiger charge is -2.31. The van der Waals surface area contributed by atoms with E-state index >= 15 is 0 Å². The van der Waals surface area contributed by atoms with Gasteiger partial charge in [-0.3, -0.25) is 4.79 Å². The van der Waals surface area contributed by atoms with Crippen molar-refractivity contribution in [3.63, 3.8) is 0 Å². The summed E-state index contributed by atoms with van der Waals surface area (Å²) < 4.78 is 25.6. The Hall–Kier alpha value is -1.14. The summed E-state index contributed by atoms with van der Waals surface area (Å²) in [5.41, 5.74) is 0. The molecule has 0 unspecified atom stereocenters. The van der Waals surface area contributed by atoms with E-state index in [1.54, 1.807) is 0 Å². The molecule has 19 heavy (non-hydrogen) atoms. The van der Waals surface area contributed by atoms with Crippen LogP contribution in [0.3, 0.4) is 0 Å². The minimum atomic E-state index is -0.908. The molecule has 0 aromatic heterocycles. The van der Waals surface area contributed by atoms with Crippen LogP contribution in [0.15, 0.2) is 23.1 Å². The molecule has 3 nitrogen and oxygen atoms in total. The normalized spacial score (nSPS) is 21.8. The molecular weight excluding hydrogens is 272 g/mol. The first-order valence-corrected chi connectivity index (χ1v) is 7.06. The highest BCUT2D eigenvalue weighted by molar-refractivity contribution is 8.00. The molecule has 1 aromatic rings. The molecule has 2 rings (SSSR count). The van der Waals surface area contributed by atoms with Crippen LogP contribution in [0.25, 0.3) is 0 Å². The number of carbonyl (C=O) groups is 1. The van der Waals surface area contributed by atoms with Crippen LogP contribution in [0.5, 0.6) is 0 Å². The Morgan fingerprint density at radius 3 is 2.74 bits per heavy atom. The van der Waals surface area contributed by atoms with Crippen molar-refractivity contribution in [3.05, 3.63) is 29.8 Å². The molecule has 104 valence electrons. The van der Waals surface area contributed by atoms with Gasteiger partial charge in [0.1, 0.15) is 0 Å². The van der Waals surface area contributed by atoms with Crippen molar-refractivity contribution in [3.8, 4) is 0 Å². The van der Waals surface area contributed by atoms with Crippen molar-refractivity contribution in [1.29, 1.82) is 0 Å². The Balaban J connectivity index is 1.69. The number of thioether (sulfide) groups is 1. The van der Waals surface area contributed by atoms with E-state index in [0.717, 1.165) is 36.7 Å². The molecule has 0 radical (unpaired) electrons. The molecule has 0 aliphatic heterocycles. The van der Waals surface area contributed by atoms with Crippen LogP contribution in [0, 0.1) is 17.6 Å². The average molecular weight is 287 g/mol. The number of aliphatic hydroxyl groups excluding tert-OH is 1. The maximum atomic E-state index is 12.9. The third-order valence-electron chi connectivity index (χ3n) is 3.06. The topological polar surface area (TPSA) is 49.3 Å². The van der Waals surface area contributed by atoms with Gasteiger partial charge in [-0.2, -0.15) is 0 Å². The molecule has 0 saturated heterocycles. The molecule has 1 aliphatic rings. The predicted octanol–water partition coefficient (Wildman–Crippen LogP) is 1.94. The minimum Gasteiger partial charge on any atom is -0.393 e. The van der Waals surface area contributed by atoms with Gasteiger partial charge in [-0.15, -0.1) is 11.8 Å². The molecule has 0 bridgehead atoms. The van der Waals surface area contributed by atoms with Gasteiger partial charge < -0.3 is 10.4 Å². The van der Waals surface area contributed by atoms with E-state index in [9.17, 15) is 13.6 Å². The van der Waals surface area contributed by atoms with Crippen molar-refractivity contribution in [1.82, 2.24) is 5.32 Å². The number of carbonyl (C=O) groups excluding carboxylic acids is 1. The molecule has 0 spiro atoms. The fraction of sp³-hybridized carbons (Fsp3) is 0.462. The molecule has 2 N–H and O–H groups in total. The van der Waals surface area contributed by atoms with Crippen LogP contribution in [0.2, 0.25) is 0 Å². The van der Waals surface area contributed by atoms with Gasteiger partial charge in [-0.1, -0.05) is 0 Å². The van der Waals surface area contributed by atoms with Crippen LogP contribution >= 0.6 is 11.8 Å². The standard InChI is InChI=1S/C13H15F2NO2S/c14-11-2-1-10(5-12(11)15)19-7-13(18)16-6-8-3-9(17)4-8/h1-2,5,8-9,17H,3-4,6-7H2,(H,16,18). The third kappa shape index (κ3) is 4.18. The summed E-state index contributed by atoms with van der Waals surface area (Å²) in [5.74, 6) is -1.42. The van der Waals surface area contributed by atoms with Gasteiger partial charge in [-0.25, -0.2) is 8.78 Å². The van der Waals surface area contributed by atoms with Crippen LogP contribution in [0.4, 0.5) is 8.78 Å². The van der Waals surface area contributed by atoms with E-state index in [1.807, 2.05) is 0 Å². The molecule has 1 fully saturated rings. The summed E-state index contributed by atoms with van der Waals surface area (Å²) in [5, 5.41) is 11.9. The zero-order valence-corrected chi connectivity index (χ0v) is 11.1. The van der Waals surface area contributed by atoms with Gasteiger partial charge in [-0.05, 0) is 37.0 Å². The first-order valence-electron chi connectivity index (χ1n) is 6.07. The zero-order chi connectivity index (χ0) is 13.8. The highest BCUT2D eigenvalue weighted by Crippen LogP contribution is 2.26. The van der Waals surface area contributed by atoms with Crippen molar-refractivity contribution in [2.45, 2.75) is 23.8 Å². The number of hydrogen-bond donors (Lipinski definition) is 2. The number of benzene rings is 1. The van der Waals surface area contributed by atoms with Crippen LogP contribution in [0.1, 0.15) is 12.8 Å². The largest absolute Gasteiger partial charge is 0.393 e. The number of rotatable bonds is 5. The maximum Gasteiger partial charge on any atom is 0.230 e. The molecule has 1 aromatic carbocycles. The van der Waals surface area contributed by atoms with E-state index < -0.39 is 11.6 Å². The summed E-state index contributed by atoms with van der Waals surface area (Å²) in [6, 6.07) is 3.57. The van der Waals surface area contributed by atoms with Crippen LogP contribution in [-0.4, -0.2) is 29.4 Å². The summed E-state index contributed by atoms with van der Waals surface area (Å²) >= 11 is 1.16. The monoisotopic (exact) mass is 287 g/mol. The fourth-order valence-electron chi connectivity index (χ4n) is 1.89. The van der Waals surface area contributed by atoms with E-state index in [1.165, 1.54) is 6.07 Å².